The molecule has 33 heavy (non-hydrogen) atoms. The van der Waals surface area contributed by atoms with Crippen LogP contribution in [0.3, 0.4) is 0 Å². The Labute approximate surface area is 195 Å². The quantitative estimate of drug-likeness (QED) is 0.439. The first-order chi connectivity index (χ1) is 16.0. The number of amides is 2. The normalized spacial score (nSPS) is 12.9. The molecule has 5 nitrogen and oxygen atoms in total. The monoisotopic (exact) mass is 444 g/mol. The van der Waals surface area contributed by atoms with Crippen LogP contribution in [0.4, 0.5) is 0 Å². The maximum Gasteiger partial charge on any atom is 0.247 e. The van der Waals surface area contributed by atoms with Crippen LogP contribution in [-0.2, 0) is 9.59 Å². The van der Waals surface area contributed by atoms with Crippen molar-refractivity contribution in [3.63, 3.8) is 0 Å². The third kappa shape index (κ3) is 6.77. The molecule has 0 fully saturated rings. The van der Waals surface area contributed by atoms with Gasteiger partial charge in [0.2, 0.25) is 11.8 Å². The number of aliphatic hydroxyl groups excluding tert-OH is 1. The summed E-state index contributed by atoms with van der Waals surface area (Å²) in [5.74, 6) is -0.849. The zero-order valence-electron chi connectivity index (χ0n) is 19.1. The van der Waals surface area contributed by atoms with E-state index in [1.165, 1.54) is 0 Å². The highest BCUT2D eigenvalue weighted by Gasteiger charge is 2.29. The lowest BCUT2D eigenvalue weighted by atomic mass is 9.90. The summed E-state index contributed by atoms with van der Waals surface area (Å²) < 4.78 is 0. The van der Waals surface area contributed by atoms with Crippen molar-refractivity contribution in [3.8, 4) is 0 Å². The zero-order chi connectivity index (χ0) is 23.6. The summed E-state index contributed by atoms with van der Waals surface area (Å²) in [6, 6.07) is 27.0. The Hall–Kier alpha value is -3.44. The van der Waals surface area contributed by atoms with Crippen LogP contribution in [0.15, 0.2) is 91.0 Å². The number of hydrogen-bond donors (Lipinski definition) is 3. The van der Waals surface area contributed by atoms with Crippen molar-refractivity contribution in [2.75, 3.05) is 6.61 Å². The maximum atomic E-state index is 13.6. The smallest absolute Gasteiger partial charge is 0.247 e. The molecule has 0 aromatic heterocycles. The molecule has 0 aliphatic heterocycles. The molecule has 0 unspecified atom stereocenters. The molecule has 0 bridgehead atoms. The van der Waals surface area contributed by atoms with Gasteiger partial charge in [-0.05, 0) is 29.0 Å². The highest BCUT2D eigenvalue weighted by atomic mass is 16.3. The van der Waals surface area contributed by atoms with Crippen LogP contribution in [0.5, 0.6) is 0 Å². The first kappa shape index (κ1) is 24.2. The van der Waals surface area contributed by atoms with Crippen LogP contribution in [0.25, 0.3) is 0 Å². The lowest BCUT2D eigenvalue weighted by Crippen LogP contribution is -2.47. The van der Waals surface area contributed by atoms with E-state index in [0.29, 0.717) is 17.9 Å². The largest absolute Gasteiger partial charge is 0.394 e. The minimum absolute atomic E-state index is 0.157. The van der Waals surface area contributed by atoms with Crippen LogP contribution in [0.1, 0.15) is 48.9 Å². The Morgan fingerprint density at radius 3 is 1.58 bits per heavy atom. The number of rotatable bonds is 10. The van der Waals surface area contributed by atoms with Crippen LogP contribution in [0, 0.1) is 5.92 Å². The number of nitrogens with one attached hydrogen (secondary N) is 2. The molecule has 3 rings (SSSR count). The van der Waals surface area contributed by atoms with Gasteiger partial charge in [0, 0.05) is 0 Å². The minimum Gasteiger partial charge on any atom is -0.394 e. The van der Waals surface area contributed by atoms with Crippen LogP contribution >= 0.6 is 0 Å². The maximum absolute atomic E-state index is 13.6. The number of aliphatic hydroxyl groups is 1. The number of carbonyl (C=O) groups is 2. The molecule has 5 heteroatoms. The Morgan fingerprint density at radius 2 is 1.15 bits per heavy atom. The van der Waals surface area contributed by atoms with Gasteiger partial charge in [-0.2, -0.15) is 0 Å². The van der Waals surface area contributed by atoms with Gasteiger partial charge in [-0.3, -0.25) is 9.59 Å². The van der Waals surface area contributed by atoms with Crippen molar-refractivity contribution in [2.45, 2.75) is 38.3 Å². The van der Waals surface area contributed by atoms with Gasteiger partial charge >= 0.3 is 0 Å². The fourth-order valence-corrected chi connectivity index (χ4v) is 3.99. The van der Waals surface area contributed by atoms with Gasteiger partial charge in [0.15, 0.2) is 0 Å². The molecule has 3 aromatic rings. The van der Waals surface area contributed by atoms with Crippen molar-refractivity contribution in [1.29, 1.82) is 0 Å². The Kier molecular flexibility index (Phi) is 8.79. The van der Waals surface area contributed by atoms with Gasteiger partial charge in [0.1, 0.15) is 6.04 Å². The molecule has 2 atom stereocenters. The van der Waals surface area contributed by atoms with Gasteiger partial charge in [-0.1, -0.05) is 105 Å². The van der Waals surface area contributed by atoms with E-state index in [4.69, 9.17) is 0 Å². The zero-order valence-corrected chi connectivity index (χ0v) is 19.1. The molecule has 0 saturated heterocycles. The molecule has 0 radical (unpaired) electrons. The molecule has 0 aliphatic carbocycles. The van der Waals surface area contributed by atoms with E-state index in [0.717, 1.165) is 11.1 Å². The van der Waals surface area contributed by atoms with E-state index in [1.807, 2.05) is 105 Å². The standard InChI is InChI=1S/C28H32N2O3/c1-20(2)18-24(19-31)29-28(33)26(23-16-10-5-11-17-23)30-27(32)25(21-12-6-3-7-13-21)22-14-8-4-9-15-22/h3-17,20,24-26,31H,18-19H2,1-2H3,(H,29,33)(H,30,32)/t24-,26+/m0/s1. The van der Waals surface area contributed by atoms with E-state index in [1.54, 1.807) is 0 Å². The SMILES string of the molecule is CC(C)C[C@@H](CO)NC(=O)[C@H](NC(=O)C(c1ccccc1)c1ccccc1)c1ccccc1. The summed E-state index contributed by atoms with van der Waals surface area (Å²) in [7, 11) is 0. The topological polar surface area (TPSA) is 78.4 Å². The highest BCUT2D eigenvalue weighted by Crippen LogP contribution is 2.26. The highest BCUT2D eigenvalue weighted by molar-refractivity contribution is 5.93. The molecule has 3 N–H and O–H groups in total. The molecule has 0 heterocycles. The molecular weight excluding hydrogens is 412 g/mol. The summed E-state index contributed by atoms with van der Waals surface area (Å²) in [5.41, 5.74) is 2.38. The Bertz CT molecular complexity index is 968. The minimum atomic E-state index is -0.880. The molecule has 0 spiro atoms. The second-order valence-electron chi connectivity index (χ2n) is 8.62. The molecule has 2 amide bonds. The third-order valence-corrected chi connectivity index (χ3v) is 5.53. The lowest BCUT2D eigenvalue weighted by molar-refractivity contribution is -0.130. The summed E-state index contributed by atoms with van der Waals surface area (Å²) in [4.78, 5) is 26.9. The Morgan fingerprint density at radius 1 is 0.697 bits per heavy atom. The molecule has 0 aliphatic rings. The van der Waals surface area contributed by atoms with Crippen molar-refractivity contribution in [1.82, 2.24) is 10.6 Å². The second-order valence-corrected chi connectivity index (χ2v) is 8.62. The number of benzene rings is 3. The van der Waals surface area contributed by atoms with E-state index in [9.17, 15) is 14.7 Å². The predicted octanol–water partition coefficient (Wildman–Crippen LogP) is 4.20. The first-order valence-electron chi connectivity index (χ1n) is 11.4. The molecule has 0 saturated carbocycles. The van der Waals surface area contributed by atoms with E-state index < -0.39 is 12.0 Å². The average molecular weight is 445 g/mol. The van der Waals surface area contributed by atoms with Gasteiger partial charge in [-0.15, -0.1) is 0 Å². The van der Waals surface area contributed by atoms with Crippen molar-refractivity contribution < 1.29 is 14.7 Å². The summed E-state index contributed by atoms with van der Waals surface area (Å²) >= 11 is 0. The van der Waals surface area contributed by atoms with Crippen LogP contribution in [-0.4, -0.2) is 29.6 Å². The third-order valence-electron chi connectivity index (χ3n) is 5.53. The lowest BCUT2D eigenvalue weighted by Gasteiger charge is -2.26. The van der Waals surface area contributed by atoms with Gasteiger partial charge in [0.25, 0.3) is 0 Å². The molecule has 172 valence electrons. The molecule has 3 aromatic carbocycles. The number of hydrogen-bond acceptors (Lipinski definition) is 3. The Balaban J connectivity index is 1.90. The van der Waals surface area contributed by atoms with E-state index >= 15 is 0 Å². The molecular formula is C28H32N2O3. The van der Waals surface area contributed by atoms with Crippen molar-refractivity contribution >= 4 is 11.8 Å². The van der Waals surface area contributed by atoms with E-state index in [2.05, 4.69) is 10.6 Å². The predicted molar refractivity (Wildman–Crippen MR) is 131 cm³/mol. The fourth-order valence-electron chi connectivity index (χ4n) is 3.99. The van der Waals surface area contributed by atoms with E-state index in [-0.39, 0.29) is 24.5 Å². The average Bonchev–Trinajstić information content (AvgIpc) is 2.84. The van der Waals surface area contributed by atoms with Crippen molar-refractivity contribution in [3.05, 3.63) is 108 Å². The summed E-state index contributed by atoms with van der Waals surface area (Å²) in [5, 5.41) is 15.6. The second kappa shape index (κ2) is 12.0. The first-order valence-corrected chi connectivity index (χ1v) is 11.4. The van der Waals surface area contributed by atoms with Crippen molar-refractivity contribution in [2.24, 2.45) is 5.92 Å². The van der Waals surface area contributed by atoms with Crippen LogP contribution < -0.4 is 10.6 Å². The van der Waals surface area contributed by atoms with Crippen LogP contribution in [0.2, 0.25) is 0 Å². The van der Waals surface area contributed by atoms with Gasteiger partial charge in [-0.25, -0.2) is 0 Å². The van der Waals surface area contributed by atoms with Gasteiger partial charge < -0.3 is 15.7 Å². The number of carbonyl (C=O) groups excluding carboxylic acids is 2. The summed E-state index contributed by atoms with van der Waals surface area (Å²) in [6.45, 7) is 3.92. The van der Waals surface area contributed by atoms with Gasteiger partial charge in [0.05, 0.1) is 18.6 Å². The summed E-state index contributed by atoms with van der Waals surface area (Å²) in [6.07, 6.45) is 0.647. The fraction of sp³-hybridized carbons (Fsp3) is 0.286.